The number of amidine groups is 1. The molecule has 0 unspecified atom stereocenters. The second kappa shape index (κ2) is 9.95. The molecule has 1 aromatic heterocycles. The lowest BCUT2D eigenvalue weighted by atomic mass is 9.86. The quantitative estimate of drug-likeness (QED) is 0.381. The van der Waals surface area contributed by atoms with E-state index in [9.17, 15) is 14.7 Å². The van der Waals surface area contributed by atoms with Crippen LogP contribution in [-0.2, 0) is 9.53 Å². The van der Waals surface area contributed by atoms with Crippen LogP contribution in [0.1, 0.15) is 41.6 Å². The lowest BCUT2D eigenvalue weighted by molar-refractivity contribution is -0.142. The normalized spacial score (nSPS) is 20.8. The highest BCUT2D eigenvalue weighted by atomic mass is 16.5. The van der Waals surface area contributed by atoms with Gasteiger partial charge in [-0.25, -0.2) is 0 Å². The van der Waals surface area contributed by atoms with E-state index in [4.69, 9.17) is 15.9 Å². The van der Waals surface area contributed by atoms with Crippen molar-refractivity contribution in [1.29, 1.82) is 5.41 Å². The van der Waals surface area contributed by atoms with Crippen molar-refractivity contribution in [2.75, 3.05) is 31.2 Å². The number of carboxylic acid groups (broad SMARTS) is 1. The van der Waals surface area contributed by atoms with E-state index in [0.29, 0.717) is 74.6 Å². The Labute approximate surface area is 191 Å². The number of ether oxygens (including phenoxy) is 1. The molecule has 1 aliphatic heterocycles. The third-order valence-corrected chi connectivity index (χ3v) is 6.23. The number of aromatic nitrogens is 2. The molecule has 5 N–H and O–H groups in total. The van der Waals surface area contributed by atoms with Gasteiger partial charge in [0.25, 0.3) is 5.91 Å². The zero-order chi connectivity index (χ0) is 23.4. The van der Waals surface area contributed by atoms with E-state index in [0.717, 1.165) is 5.56 Å². The standard InChI is InChI=1S/C23H28N6O4/c24-20(25)15-3-1-14(2-4-15)19-13-18(21(28-27-19)29-9-11-33-12-10-29)22(30)26-17-7-5-16(6-8-17)23(31)32/h1-4,13,16-17H,5-12H2,(H3,24,25)(H,26,30)(H,31,32). The maximum atomic E-state index is 13.3. The van der Waals surface area contributed by atoms with Crippen LogP contribution in [0.25, 0.3) is 11.3 Å². The lowest BCUT2D eigenvalue weighted by Gasteiger charge is -2.30. The summed E-state index contributed by atoms with van der Waals surface area (Å²) < 4.78 is 5.43. The minimum atomic E-state index is -0.770. The molecule has 1 aromatic carbocycles. The summed E-state index contributed by atoms with van der Waals surface area (Å²) in [6, 6.07) is 8.72. The van der Waals surface area contributed by atoms with Crippen LogP contribution in [0.3, 0.4) is 0 Å². The van der Waals surface area contributed by atoms with E-state index < -0.39 is 5.97 Å². The summed E-state index contributed by atoms with van der Waals surface area (Å²) in [5.41, 5.74) is 7.87. The highest BCUT2D eigenvalue weighted by Crippen LogP contribution is 2.27. The number of aliphatic carboxylic acids is 1. The topological polar surface area (TPSA) is 155 Å². The summed E-state index contributed by atoms with van der Waals surface area (Å²) in [6.07, 6.45) is 2.37. The van der Waals surface area contributed by atoms with Crippen molar-refractivity contribution in [3.05, 3.63) is 41.5 Å². The van der Waals surface area contributed by atoms with Gasteiger partial charge in [0.1, 0.15) is 5.84 Å². The van der Waals surface area contributed by atoms with Crippen LogP contribution in [0.5, 0.6) is 0 Å². The number of benzene rings is 1. The molecule has 1 aliphatic carbocycles. The van der Waals surface area contributed by atoms with Crippen LogP contribution in [0.2, 0.25) is 0 Å². The van der Waals surface area contributed by atoms with Gasteiger partial charge in [-0.1, -0.05) is 24.3 Å². The number of nitrogens with two attached hydrogens (primary N) is 1. The number of nitrogens with zero attached hydrogens (tertiary/aromatic N) is 3. The molecule has 2 aliphatic rings. The first kappa shape index (κ1) is 22.7. The molecule has 0 atom stereocenters. The van der Waals surface area contributed by atoms with Gasteiger partial charge in [-0.2, -0.15) is 0 Å². The van der Waals surface area contributed by atoms with Crippen molar-refractivity contribution in [1.82, 2.24) is 15.5 Å². The average Bonchev–Trinajstić information content (AvgIpc) is 2.84. The number of morpholine rings is 1. The van der Waals surface area contributed by atoms with Gasteiger partial charge in [-0.15, -0.1) is 10.2 Å². The summed E-state index contributed by atoms with van der Waals surface area (Å²) in [7, 11) is 0. The van der Waals surface area contributed by atoms with Gasteiger partial charge in [-0.3, -0.25) is 15.0 Å². The molecule has 10 nitrogen and oxygen atoms in total. The molecule has 10 heteroatoms. The van der Waals surface area contributed by atoms with Crippen molar-refractivity contribution in [2.24, 2.45) is 11.7 Å². The molecular formula is C23H28N6O4. The fourth-order valence-corrected chi connectivity index (χ4v) is 4.27. The second-order valence-corrected chi connectivity index (χ2v) is 8.42. The Balaban J connectivity index is 1.59. The first-order valence-corrected chi connectivity index (χ1v) is 11.1. The fourth-order valence-electron chi connectivity index (χ4n) is 4.27. The number of carboxylic acids is 1. The predicted octanol–water partition coefficient (Wildman–Crippen LogP) is 1.64. The molecular weight excluding hydrogens is 424 g/mol. The van der Waals surface area contributed by atoms with E-state index in [2.05, 4.69) is 15.5 Å². The molecule has 174 valence electrons. The molecule has 4 rings (SSSR count). The van der Waals surface area contributed by atoms with Crippen LogP contribution in [0.4, 0.5) is 5.82 Å². The first-order valence-electron chi connectivity index (χ1n) is 11.1. The van der Waals surface area contributed by atoms with Crippen LogP contribution in [0, 0.1) is 11.3 Å². The second-order valence-electron chi connectivity index (χ2n) is 8.42. The fraction of sp³-hybridized carbons (Fsp3) is 0.435. The Hall–Kier alpha value is -3.53. The number of carbonyl (C=O) groups excluding carboxylic acids is 1. The minimum absolute atomic E-state index is 0.0204. The largest absolute Gasteiger partial charge is 0.481 e. The van der Waals surface area contributed by atoms with E-state index >= 15 is 0 Å². The SMILES string of the molecule is N=C(N)c1ccc(-c2cc(C(=O)NC3CCC(C(=O)O)CC3)c(N3CCOCC3)nn2)cc1. The minimum Gasteiger partial charge on any atom is -0.481 e. The molecule has 0 radical (unpaired) electrons. The Morgan fingerprint density at radius 3 is 2.36 bits per heavy atom. The highest BCUT2D eigenvalue weighted by molar-refractivity contribution is 6.00. The lowest BCUT2D eigenvalue weighted by Crippen LogP contribution is -2.41. The Bertz CT molecular complexity index is 1030. The summed E-state index contributed by atoms with van der Waals surface area (Å²) in [6.45, 7) is 2.34. The average molecular weight is 453 g/mol. The maximum Gasteiger partial charge on any atom is 0.306 e. The molecule has 33 heavy (non-hydrogen) atoms. The maximum absolute atomic E-state index is 13.3. The zero-order valence-corrected chi connectivity index (χ0v) is 18.3. The Kier molecular flexibility index (Phi) is 6.83. The van der Waals surface area contributed by atoms with Crippen LogP contribution in [-0.4, -0.2) is 65.4 Å². The van der Waals surface area contributed by atoms with Crippen LogP contribution < -0.4 is 16.0 Å². The summed E-state index contributed by atoms with van der Waals surface area (Å²) in [4.78, 5) is 26.5. The molecule has 2 fully saturated rings. The molecule has 2 heterocycles. The molecule has 2 aromatic rings. The predicted molar refractivity (Wildman–Crippen MR) is 122 cm³/mol. The molecule has 1 saturated carbocycles. The molecule has 1 amide bonds. The number of nitrogens with one attached hydrogen (secondary N) is 2. The van der Waals surface area contributed by atoms with Crippen molar-refractivity contribution in [2.45, 2.75) is 31.7 Å². The third-order valence-electron chi connectivity index (χ3n) is 6.23. The van der Waals surface area contributed by atoms with Gasteiger partial charge in [0.2, 0.25) is 0 Å². The molecule has 1 saturated heterocycles. The van der Waals surface area contributed by atoms with Crippen molar-refractivity contribution in [3.8, 4) is 11.3 Å². The van der Waals surface area contributed by atoms with Gasteiger partial charge in [0.05, 0.1) is 30.4 Å². The van der Waals surface area contributed by atoms with Gasteiger partial charge in [-0.05, 0) is 31.7 Å². The Morgan fingerprint density at radius 2 is 1.76 bits per heavy atom. The molecule has 0 bridgehead atoms. The molecule has 0 spiro atoms. The van der Waals surface area contributed by atoms with Crippen molar-refractivity contribution in [3.63, 3.8) is 0 Å². The number of hydrogen-bond donors (Lipinski definition) is 4. The van der Waals surface area contributed by atoms with E-state index in [1.165, 1.54) is 0 Å². The summed E-state index contributed by atoms with van der Waals surface area (Å²) >= 11 is 0. The van der Waals surface area contributed by atoms with Gasteiger partial charge < -0.3 is 25.8 Å². The number of rotatable bonds is 6. The van der Waals surface area contributed by atoms with Gasteiger partial charge >= 0.3 is 5.97 Å². The number of nitrogen functional groups attached to an aromatic ring is 1. The van der Waals surface area contributed by atoms with E-state index in [1.807, 2.05) is 4.90 Å². The van der Waals surface area contributed by atoms with Gasteiger partial charge in [0, 0.05) is 30.3 Å². The zero-order valence-electron chi connectivity index (χ0n) is 18.3. The van der Waals surface area contributed by atoms with Gasteiger partial charge in [0.15, 0.2) is 5.82 Å². The Morgan fingerprint density at radius 1 is 1.09 bits per heavy atom. The third kappa shape index (κ3) is 5.28. The van der Waals surface area contributed by atoms with Crippen molar-refractivity contribution < 1.29 is 19.4 Å². The van der Waals surface area contributed by atoms with Crippen molar-refractivity contribution >= 4 is 23.5 Å². The monoisotopic (exact) mass is 452 g/mol. The first-order chi connectivity index (χ1) is 15.9. The number of anilines is 1. The number of hydrogen-bond acceptors (Lipinski definition) is 7. The van der Waals surface area contributed by atoms with E-state index in [1.54, 1.807) is 30.3 Å². The highest BCUT2D eigenvalue weighted by Gasteiger charge is 2.29. The number of amides is 1. The number of carbonyl (C=O) groups is 2. The van der Waals surface area contributed by atoms with Crippen LogP contribution >= 0.6 is 0 Å². The van der Waals surface area contributed by atoms with Crippen LogP contribution in [0.15, 0.2) is 30.3 Å². The van der Waals surface area contributed by atoms with E-state index in [-0.39, 0.29) is 23.7 Å². The summed E-state index contributed by atoms with van der Waals surface area (Å²) in [5.74, 6) is -0.860. The smallest absolute Gasteiger partial charge is 0.306 e. The summed E-state index contributed by atoms with van der Waals surface area (Å²) in [5, 5.41) is 28.6.